The van der Waals surface area contributed by atoms with Gasteiger partial charge in [0.1, 0.15) is 11.8 Å². The average Bonchev–Trinajstić information content (AvgIpc) is 3.40. The number of aliphatic hydroxyl groups is 1. The number of anilines is 2. The van der Waals surface area contributed by atoms with E-state index >= 15 is 0 Å². The van der Waals surface area contributed by atoms with Crippen LogP contribution >= 0.6 is 11.8 Å². The molecule has 14 nitrogen and oxygen atoms in total. The van der Waals surface area contributed by atoms with Crippen LogP contribution in [-0.2, 0) is 33.9 Å². The van der Waals surface area contributed by atoms with E-state index in [4.69, 9.17) is 9.47 Å². The Labute approximate surface area is 290 Å². The quantitative estimate of drug-likeness (QED) is 0.103. The van der Waals surface area contributed by atoms with Crippen LogP contribution in [0.4, 0.5) is 11.4 Å². The van der Waals surface area contributed by atoms with Gasteiger partial charge >= 0.3 is 11.9 Å². The van der Waals surface area contributed by atoms with Crippen molar-refractivity contribution in [2.45, 2.75) is 57.7 Å². The second-order valence-electron chi connectivity index (χ2n) is 11.6. The van der Waals surface area contributed by atoms with Gasteiger partial charge in [-0.05, 0) is 86.3 Å². The molecule has 2 aromatic carbocycles. The number of hydrogen-bond donors (Lipinski definition) is 5. The Balaban J connectivity index is 1.26. The minimum atomic E-state index is -3.59. The Morgan fingerprint density at radius 3 is 2.45 bits per heavy atom. The number of aromatic hydroxyl groups is 1. The molecule has 0 saturated carbocycles. The molecule has 0 radical (unpaired) electrons. The topological polar surface area (TPSA) is 196 Å². The molecule has 1 amide bonds. The van der Waals surface area contributed by atoms with Crippen LogP contribution < -0.4 is 20.3 Å². The number of carbonyl (C=O) groups is 3. The first-order valence-electron chi connectivity index (χ1n) is 16.0. The minimum absolute atomic E-state index is 0.0128. The third kappa shape index (κ3) is 11.5. The number of phenols is 1. The Morgan fingerprint density at radius 1 is 1.10 bits per heavy atom. The van der Waals surface area contributed by atoms with Gasteiger partial charge in [0.2, 0.25) is 10.0 Å². The molecule has 1 fully saturated rings. The number of thioether (sulfide) groups is 1. The summed E-state index contributed by atoms with van der Waals surface area (Å²) in [6.45, 7) is 5.67. The summed E-state index contributed by atoms with van der Waals surface area (Å²) in [4.78, 5) is 43.6. The number of aliphatic imine (C=N–C) groups is 1. The molecule has 0 unspecified atom stereocenters. The van der Waals surface area contributed by atoms with E-state index in [0.29, 0.717) is 10.5 Å². The van der Waals surface area contributed by atoms with Crippen LogP contribution in [-0.4, -0.2) is 92.8 Å². The fourth-order valence-electron chi connectivity index (χ4n) is 5.32. The lowest BCUT2D eigenvalue weighted by Crippen LogP contribution is -2.43. The van der Waals surface area contributed by atoms with Gasteiger partial charge in [-0.25, -0.2) is 13.2 Å². The summed E-state index contributed by atoms with van der Waals surface area (Å²) in [7, 11) is -3.59. The first-order chi connectivity index (χ1) is 23.3. The molecular formula is C33H43N5O9S2. The zero-order valence-electron chi connectivity index (χ0n) is 27.7. The predicted molar refractivity (Wildman–Crippen MR) is 189 cm³/mol. The molecule has 2 aliphatic rings. The number of ether oxygens (including phenoxy) is 2. The van der Waals surface area contributed by atoms with Crippen molar-refractivity contribution < 1.29 is 42.5 Å². The zero-order valence-corrected chi connectivity index (χ0v) is 29.3. The van der Waals surface area contributed by atoms with E-state index in [0.717, 1.165) is 55.2 Å². The molecule has 0 bridgehead atoms. The number of amidine groups is 1. The van der Waals surface area contributed by atoms with Crippen molar-refractivity contribution >= 4 is 62.2 Å². The van der Waals surface area contributed by atoms with Gasteiger partial charge in [0.15, 0.2) is 5.17 Å². The number of piperidine rings is 1. The molecule has 4 rings (SSSR count). The SMILES string of the molecule is CCOC(=O)CC[C@H](NC1=NC(=O)C(=Cc2ccc(N3CCC(NC[C@@H](O)c4ccc(O)c(NS(C)(=O)=O)c4)CC3)cc2)S1)C(=O)OCC. The Bertz CT molecular complexity index is 1660. The van der Waals surface area contributed by atoms with Crippen molar-refractivity contribution in [3.05, 3.63) is 58.5 Å². The van der Waals surface area contributed by atoms with E-state index in [1.165, 1.54) is 12.1 Å². The fourth-order valence-corrected chi connectivity index (χ4v) is 6.75. The number of phenolic OH excluding ortho intramolecular Hbond substituents is 1. The lowest BCUT2D eigenvalue weighted by molar-refractivity contribution is -0.146. The van der Waals surface area contributed by atoms with Crippen LogP contribution in [0, 0.1) is 0 Å². The van der Waals surface area contributed by atoms with Gasteiger partial charge in [-0.2, -0.15) is 4.99 Å². The molecule has 5 N–H and O–H groups in total. The highest BCUT2D eigenvalue weighted by atomic mass is 32.2. The maximum atomic E-state index is 12.6. The van der Waals surface area contributed by atoms with Crippen molar-refractivity contribution in [1.82, 2.24) is 10.6 Å². The number of aliphatic hydroxyl groups excluding tert-OH is 1. The number of hydrogen-bond acceptors (Lipinski definition) is 13. The number of nitrogens with zero attached hydrogens (tertiary/aromatic N) is 2. The summed E-state index contributed by atoms with van der Waals surface area (Å²) in [6.07, 6.45) is 3.68. The summed E-state index contributed by atoms with van der Waals surface area (Å²) in [5.74, 6) is -1.62. The second-order valence-corrected chi connectivity index (χ2v) is 14.3. The van der Waals surface area contributed by atoms with E-state index < -0.39 is 40.0 Å². The van der Waals surface area contributed by atoms with Crippen LogP contribution in [0.3, 0.4) is 0 Å². The lowest BCUT2D eigenvalue weighted by atomic mass is 10.0. The van der Waals surface area contributed by atoms with Gasteiger partial charge in [-0.3, -0.25) is 14.3 Å². The van der Waals surface area contributed by atoms with Gasteiger partial charge in [-0.15, -0.1) is 0 Å². The summed E-state index contributed by atoms with van der Waals surface area (Å²) in [5, 5.41) is 27.2. The summed E-state index contributed by atoms with van der Waals surface area (Å²) < 4.78 is 35.5. The Morgan fingerprint density at radius 2 is 1.80 bits per heavy atom. The summed E-state index contributed by atoms with van der Waals surface area (Å²) >= 11 is 1.12. The van der Waals surface area contributed by atoms with E-state index in [-0.39, 0.29) is 55.2 Å². The fraction of sp³-hybridized carbons (Fsp3) is 0.455. The van der Waals surface area contributed by atoms with Gasteiger partial charge in [0, 0.05) is 37.8 Å². The normalized spacial score (nSPS) is 17.4. The molecule has 1 saturated heterocycles. The highest BCUT2D eigenvalue weighted by Crippen LogP contribution is 2.30. The molecule has 2 heterocycles. The largest absolute Gasteiger partial charge is 0.506 e. The van der Waals surface area contributed by atoms with Crippen molar-refractivity contribution in [3.8, 4) is 5.75 Å². The highest BCUT2D eigenvalue weighted by molar-refractivity contribution is 8.18. The number of nitrogens with one attached hydrogen (secondary N) is 3. The maximum absolute atomic E-state index is 12.6. The van der Waals surface area contributed by atoms with Crippen LogP contribution in [0.1, 0.15) is 56.8 Å². The van der Waals surface area contributed by atoms with Crippen molar-refractivity contribution in [3.63, 3.8) is 0 Å². The summed E-state index contributed by atoms with van der Waals surface area (Å²) in [5.41, 5.74) is 2.35. The van der Waals surface area contributed by atoms with Crippen molar-refractivity contribution in [2.24, 2.45) is 4.99 Å². The molecule has 0 aromatic heterocycles. The number of esters is 2. The van der Waals surface area contributed by atoms with E-state index in [1.807, 2.05) is 24.3 Å². The molecule has 49 heavy (non-hydrogen) atoms. The number of carbonyl (C=O) groups excluding carboxylic acids is 3. The van der Waals surface area contributed by atoms with Crippen molar-refractivity contribution in [2.75, 3.05) is 48.7 Å². The molecular weight excluding hydrogens is 675 g/mol. The number of amides is 1. The smallest absolute Gasteiger partial charge is 0.328 e. The maximum Gasteiger partial charge on any atom is 0.328 e. The number of sulfonamides is 1. The highest BCUT2D eigenvalue weighted by Gasteiger charge is 2.28. The molecule has 2 aliphatic heterocycles. The number of rotatable bonds is 15. The Hall–Kier alpha value is -4.12. The van der Waals surface area contributed by atoms with E-state index in [9.17, 15) is 33.0 Å². The first kappa shape index (κ1) is 37.7. The first-order valence-corrected chi connectivity index (χ1v) is 18.7. The monoisotopic (exact) mass is 717 g/mol. The van der Waals surface area contributed by atoms with E-state index in [1.54, 1.807) is 26.0 Å². The third-order valence-corrected chi connectivity index (χ3v) is 9.29. The Kier molecular flexibility index (Phi) is 13.5. The van der Waals surface area contributed by atoms with Gasteiger partial charge < -0.3 is 35.2 Å². The molecule has 2 aromatic rings. The summed E-state index contributed by atoms with van der Waals surface area (Å²) in [6, 6.07) is 11.5. The van der Waals surface area contributed by atoms with Crippen LogP contribution in [0.2, 0.25) is 0 Å². The second kappa shape index (κ2) is 17.5. The third-order valence-electron chi connectivity index (χ3n) is 7.78. The van der Waals surface area contributed by atoms with Gasteiger partial charge in [-0.1, -0.05) is 18.2 Å². The predicted octanol–water partition coefficient (Wildman–Crippen LogP) is 2.89. The van der Waals surface area contributed by atoms with E-state index in [2.05, 4.69) is 25.2 Å². The van der Waals surface area contributed by atoms with Gasteiger partial charge in [0.25, 0.3) is 5.91 Å². The standard InChI is InChI=1S/C33H43N5O9S2/c1-4-46-30(41)13-11-25(32(43)47-5-2)35-33-36-31(42)29(48-33)18-21-6-9-24(10-7-21)38-16-14-23(15-17-38)34-20-28(40)22-8-12-27(39)26(19-22)37-49(3,44)45/h6-10,12,18-19,23,25,28,34,37,39-40H,4-5,11,13-17,20H2,1-3H3,(H,35,36,42)/t25-,28+/m0/s1. The zero-order chi connectivity index (χ0) is 35.6. The molecule has 2 atom stereocenters. The molecule has 0 aliphatic carbocycles. The number of benzene rings is 2. The van der Waals surface area contributed by atoms with Crippen LogP contribution in [0.5, 0.6) is 5.75 Å². The lowest BCUT2D eigenvalue weighted by Gasteiger charge is -2.34. The van der Waals surface area contributed by atoms with Crippen molar-refractivity contribution in [1.29, 1.82) is 0 Å². The van der Waals surface area contributed by atoms with Crippen LogP contribution in [0.15, 0.2) is 52.4 Å². The average molecular weight is 718 g/mol. The minimum Gasteiger partial charge on any atom is -0.506 e. The molecule has 0 spiro atoms. The molecule has 16 heteroatoms. The molecule has 266 valence electrons. The van der Waals surface area contributed by atoms with Gasteiger partial charge in [0.05, 0.1) is 36.2 Å². The van der Waals surface area contributed by atoms with Crippen LogP contribution in [0.25, 0.3) is 6.08 Å².